The van der Waals surface area contributed by atoms with E-state index in [0.29, 0.717) is 19.4 Å². The maximum Gasteiger partial charge on any atom is 0.323 e. The largest absolute Gasteiger partial charge is 0.491 e. The summed E-state index contributed by atoms with van der Waals surface area (Å²) in [6.07, 6.45) is 0.951. The van der Waals surface area contributed by atoms with E-state index in [4.69, 9.17) is 4.74 Å². The molecule has 1 aromatic rings. The van der Waals surface area contributed by atoms with Gasteiger partial charge in [-0.3, -0.25) is 4.79 Å². The maximum atomic E-state index is 13.4. The zero-order chi connectivity index (χ0) is 15.2. The lowest BCUT2D eigenvalue weighted by molar-refractivity contribution is -0.144. The van der Waals surface area contributed by atoms with Crippen LogP contribution in [0.3, 0.4) is 0 Å². The molecular weight excluding hydrogens is 261 g/mol. The Kier molecular flexibility index (Phi) is 5.95. The van der Waals surface area contributed by atoms with E-state index in [1.54, 1.807) is 19.1 Å². The topological polar surface area (TPSA) is 58.6 Å². The number of halogens is 1. The lowest BCUT2D eigenvalue weighted by Gasteiger charge is -2.25. The fourth-order valence-corrected chi connectivity index (χ4v) is 1.99. The molecule has 0 radical (unpaired) electrons. The summed E-state index contributed by atoms with van der Waals surface area (Å²) in [5.74, 6) is -1.07. The van der Waals surface area contributed by atoms with Crippen molar-refractivity contribution in [3.8, 4) is 5.75 Å². The van der Waals surface area contributed by atoms with Crippen molar-refractivity contribution >= 4 is 5.97 Å². The summed E-state index contributed by atoms with van der Waals surface area (Å²) in [5.41, 5.74) is -0.0482. The van der Waals surface area contributed by atoms with Crippen molar-refractivity contribution in [1.82, 2.24) is 5.32 Å². The fourth-order valence-electron chi connectivity index (χ4n) is 1.99. The molecular formula is C15H22FNO3. The summed E-state index contributed by atoms with van der Waals surface area (Å²) < 4.78 is 18.8. The third-order valence-corrected chi connectivity index (χ3v) is 3.20. The number of rotatable bonds is 8. The quantitative estimate of drug-likeness (QED) is 0.720. The minimum Gasteiger partial charge on any atom is -0.491 e. The van der Waals surface area contributed by atoms with Gasteiger partial charge in [0.15, 0.2) is 11.6 Å². The molecule has 0 aromatic heterocycles. The van der Waals surface area contributed by atoms with E-state index < -0.39 is 17.3 Å². The molecule has 0 heterocycles. The molecule has 1 rings (SSSR count). The van der Waals surface area contributed by atoms with Gasteiger partial charge in [-0.15, -0.1) is 0 Å². The second kappa shape index (κ2) is 7.24. The molecule has 2 N–H and O–H groups in total. The van der Waals surface area contributed by atoms with Crippen molar-refractivity contribution in [2.75, 3.05) is 13.2 Å². The molecule has 112 valence electrons. The van der Waals surface area contributed by atoms with Gasteiger partial charge in [0.2, 0.25) is 0 Å². The zero-order valence-electron chi connectivity index (χ0n) is 12.2. The van der Waals surface area contributed by atoms with Gasteiger partial charge >= 0.3 is 5.97 Å². The molecule has 0 spiro atoms. The Morgan fingerprint density at radius 3 is 2.80 bits per heavy atom. The molecule has 1 atom stereocenters. The normalized spacial score (nSPS) is 13.8. The van der Waals surface area contributed by atoms with Crippen LogP contribution in [0.5, 0.6) is 5.75 Å². The fraction of sp³-hybridized carbons (Fsp3) is 0.533. The van der Waals surface area contributed by atoms with Gasteiger partial charge in [0.05, 0.1) is 6.61 Å². The number of carboxylic acids is 1. The number of nitrogens with one attached hydrogen (secondary N) is 1. The van der Waals surface area contributed by atoms with Crippen molar-refractivity contribution in [2.45, 2.75) is 39.2 Å². The molecule has 1 aromatic carbocycles. The average Bonchev–Trinajstić information content (AvgIpc) is 2.38. The molecule has 0 fully saturated rings. The summed E-state index contributed by atoms with van der Waals surface area (Å²) >= 11 is 0. The Hall–Kier alpha value is -1.62. The lowest BCUT2D eigenvalue weighted by Crippen LogP contribution is -2.49. The van der Waals surface area contributed by atoms with Crippen molar-refractivity contribution in [3.63, 3.8) is 0 Å². The highest BCUT2D eigenvalue weighted by atomic mass is 19.1. The number of ether oxygens (including phenoxy) is 1. The number of hydrogen-bond acceptors (Lipinski definition) is 3. The molecule has 4 nitrogen and oxygen atoms in total. The number of benzene rings is 1. The monoisotopic (exact) mass is 283 g/mol. The summed E-state index contributed by atoms with van der Waals surface area (Å²) in [5, 5.41) is 12.1. The first-order chi connectivity index (χ1) is 9.39. The Bertz CT molecular complexity index is 464. The number of carbonyl (C=O) groups is 1. The van der Waals surface area contributed by atoms with Crippen LogP contribution in [0.25, 0.3) is 0 Å². The highest BCUT2D eigenvalue weighted by Gasteiger charge is 2.31. The van der Waals surface area contributed by atoms with E-state index >= 15 is 0 Å². The third-order valence-electron chi connectivity index (χ3n) is 3.20. The highest BCUT2D eigenvalue weighted by Crippen LogP contribution is 2.19. The first-order valence-corrected chi connectivity index (χ1v) is 6.76. The van der Waals surface area contributed by atoms with Crippen LogP contribution in [0.1, 0.15) is 32.3 Å². The van der Waals surface area contributed by atoms with Crippen LogP contribution in [0, 0.1) is 12.7 Å². The number of likely N-dealkylation sites (N-methyl/N-ethyl adjacent to an activating group) is 1. The first-order valence-electron chi connectivity index (χ1n) is 6.76. The van der Waals surface area contributed by atoms with Gasteiger partial charge in [-0.05, 0) is 50.9 Å². The van der Waals surface area contributed by atoms with Gasteiger partial charge in [0.25, 0.3) is 0 Å². The van der Waals surface area contributed by atoms with E-state index in [1.807, 2.05) is 13.8 Å². The van der Waals surface area contributed by atoms with Crippen molar-refractivity contribution in [1.29, 1.82) is 0 Å². The molecule has 0 bridgehead atoms. The van der Waals surface area contributed by atoms with Crippen LogP contribution in [0.15, 0.2) is 18.2 Å². The predicted octanol–water partition coefficient (Wildman–Crippen LogP) is 2.75. The Labute approximate surface area is 119 Å². The summed E-state index contributed by atoms with van der Waals surface area (Å²) in [6.45, 7) is 6.23. The predicted molar refractivity (Wildman–Crippen MR) is 75.6 cm³/mol. The number of hydrogen-bond donors (Lipinski definition) is 2. The Balaban J connectivity index is 2.48. The lowest BCUT2D eigenvalue weighted by atomic mass is 9.96. The first kappa shape index (κ1) is 16.4. The molecule has 0 amide bonds. The molecule has 0 aliphatic carbocycles. The van der Waals surface area contributed by atoms with Crippen LogP contribution in [0.4, 0.5) is 4.39 Å². The molecule has 0 aliphatic heterocycles. The summed E-state index contributed by atoms with van der Waals surface area (Å²) in [7, 11) is 0. The van der Waals surface area contributed by atoms with E-state index in [9.17, 15) is 14.3 Å². The number of aryl methyl sites for hydroxylation is 1. The molecule has 5 heteroatoms. The molecule has 1 unspecified atom stereocenters. The Morgan fingerprint density at radius 2 is 2.20 bits per heavy atom. The zero-order valence-corrected chi connectivity index (χ0v) is 12.2. The SMILES string of the molecule is CCNC(C)(CCCOc1cc(C)ccc1F)C(=O)O. The Morgan fingerprint density at radius 1 is 1.50 bits per heavy atom. The third kappa shape index (κ3) is 4.49. The second-order valence-corrected chi connectivity index (χ2v) is 5.05. The van der Waals surface area contributed by atoms with Crippen LogP contribution in [-0.2, 0) is 4.79 Å². The maximum absolute atomic E-state index is 13.4. The number of aliphatic carboxylic acids is 1. The smallest absolute Gasteiger partial charge is 0.323 e. The van der Waals surface area contributed by atoms with E-state index in [-0.39, 0.29) is 12.4 Å². The van der Waals surface area contributed by atoms with Crippen molar-refractivity contribution in [3.05, 3.63) is 29.6 Å². The molecule has 20 heavy (non-hydrogen) atoms. The molecule has 0 saturated heterocycles. The molecule has 0 saturated carbocycles. The second-order valence-electron chi connectivity index (χ2n) is 5.05. The number of carboxylic acid groups (broad SMARTS) is 1. The van der Waals surface area contributed by atoms with Crippen LogP contribution >= 0.6 is 0 Å². The van der Waals surface area contributed by atoms with Gasteiger partial charge in [0.1, 0.15) is 5.54 Å². The van der Waals surface area contributed by atoms with Gasteiger partial charge in [-0.25, -0.2) is 4.39 Å². The van der Waals surface area contributed by atoms with E-state index in [1.165, 1.54) is 6.07 Å². The highest BCUT2D eigenvalue weighted by molar-refractivity contribution is 5.78. The standard InChI is InChI=1S/C15H22FNO3/c1-4-17-15(3,14(18)19)8-5-9-20-13-10-11(2)6-7-12(13)16/h6-7,10,17H,4-5,8-9H2,1-3H3,(H,18,19). The van der Waals surface area contributed by atoms with Gasteiger partial charge in [0, 0.05) is 0 Å². The molecule has 0 aliphatic rings. The summed E-state index contributed by atoms with van der Waals surface area (Å²) in [4.78, 5) is 11.2. The minimum atomic E-state index is -0.969. The average molecular weight is 283 g/mol. The van der Waals surface area contributed by atoms with Crippen LogP contribution < -0.4 is 10.1 Å². The van der Waals surface area contributed by atoms with Crippen LogP contribution in [-0.4, -0.2) is 29.8 Å². The van der Waals surface area contributed by atoms with Gasteiger partial charge in [-0.1, -0.05) is 13.0 Å². The van der Waals surface area contributed by atoms with Crippen molar-refractivity contribution in [2.24, 2.45) is 0 Å². The van der Waals surface area contributed by atoms with Gasteiger partial charge < -0.3 is 15.2 Å². The van der Waals surface area contributed by atoms with E-state index in [2.05, 4.69) is 5.32 Å². The van der Waals surface area contributed by atoms with Gasteiger partial charge in [-0.2, -0.15) is 0 Å². The minimum absolute atomic E-state index is 0.213. The van der Waals surface area contributed by atoms with Crippen LogP contribution in [0.2, 0.25) is 0 Å². The van der Waals surface area contributed by atoms with E-state index in [0.717, 1.165) is 5.56 Å². The van der Waals surface area contributed by atoms with Crippen molar-refractivity contribution < 1.29 is 19.0 Å². The summed E-state index contributed by atoms with van der Waals surface area (Å²) in [6, 6.07) is 4.68.